The van der Waals surface area contributed by atoms with Gasteiger partial charge in [0.05, 0.1) is 19.0 Å². The monoisotopic (exact) mass is 563 g/mol. The molecule has 2 saturated heterocycles. The van der Waals surface area contributed by atoms with E-state index in [1.807, 2.05) is 31.2 Å². The van der Waals surface area contributed by atoms with Crippen LogP contribution in [0.15, 0.2) is 60.9 Å². The highest BCUT2D eigenvalue weighted by molar-refractivity contribution is 5.91. The summed E-state index contributed by atoms with van der Waals surface area (Å²) in [7, 11) is 1.78. The fourth-order valence-corrected chi connectivity index (χ4v) is 5.20. The van der Waals surface area contributed by atoms with Gasteiger partial charge in [-0.1, -0.05) is 13.8 Å². The van der Waals surface area contributed by atoms with Gasteiger partial charge in [0.15, 0.2) is 5.79 Å². The van der Waals surface area contributed by atoms with Crippen molar-refractivity contribution < 1.29 is 19.0 Å². The molecule has 41 heavy (non-hydrogen) atoms. The Kier molecular flexibility index (Phi) is 8.94. The van der Waals surface area contributed by atoms with Crippen molar-refractivity contribution >= 4 is 23.1 Å². The predicted octanol–water partition coefficient (Wildman–Crippen LogP) is 3.62. The molecule has 2 atom stereocenters. The summed E-state index contributed by atoms with van der Waals surface area (Å²) < 4.78 is 18.5. The second-order valence-corrected chi connectivity index (χ2v) is 10.8. The van der Waals surface area contributed by atoms with E-state index in [-0.39, 0.29) is 18.1 Å². The molecule has 0 aliphatic carbocycles. The molecular weight excluding hydrogens is 522 g/mol. The van der Waals surface area contributed by atoms with Crippen LogP contribution in [-0.4, -0.2) is 85.9 Å². The minimum absolute atomic E-state index is 0.0986. The molecule has 2 unspecified atom stereocenters. The Morgan fingerprint density at radius 3 is 2.17 bits per heavy atom. The molecule has 2 aliphatic heterocycles. The number of ether oxygens (including phenoxy) is 3. The molecule has 3 heterocycles. The number of nitrogens with one attached hydrogen (secondary N) is 1. The van der Waals surface area contributed by atoms with Gasteiger partial charge >= 0.3 is 6.03 Å². The molecule has 2 aliphatic rings. The number of piperazine rings is 1. The predicted molar refractivity (Wildman–Crippen MR) is 159 cm³/mol. The highest BCUT2D eigenvalue weighted by atomic mass is 16.8. The average molecular weight is 564 g/mol. The lowest BCUT2D eigenvalue weighted by Gasteiger charge is -2.37. The van der Waals surface area contributed by atoms with Gasteiger partial charge in [0.1, 0.15) is 25.0 Å². The number of hydrogen-bond acceptors (Lipinski definition) is 8. The highest BCUT2D eigenvalue weighted by Crippen LogP contribution is 2.33. The largest absolute Gasteiger partial charge is 0.491 e. The summed E-state index contributed by atoms with van der Waals surface area (Å²) in [6.45, 7) is 11.7. The molecule has 1 N–H and O–H groups in total. The van der Waals surface area contributed by atoms with Crippen LogP contribution in [-0.2, 0) is 16.0 Å². The number of anilines is 3. The first-order chi connectivity index (χ1) is 19.9. The topological polar surface area (TPSA) is 97.2 Å². The van der Waals surface area contributed by atoms with Crippen LogP contribution >= 0.6 is 0 Å². The standard InChI is InChI=1S/C30H41N7O4/c1-5-31-29(38)34(4)24-6-8-25(9-7-24)35-16-18-36(19-17-35)26-10-12-27(13-11-26)39-20-28-21-40-30(41-28,23(2)3)22-37-32-14-15-33-37/h6-15,23,28H,5,16-22H2,1-4H3,(H,31,38). The lowest BCUT2D eigenvalue weighted by atomic mass is 10.0. The van der Waals surface area contributed by atoms with Gasteiger partial charge in [0, 0.05) is 62.8 Å². The van der Waals surface area contributed by atoms with Gasteiger partial charge in [-0.05, 0) is 55.5 Å². The minimum Gasteiger partial charge on any atom is -0.491 e. The number of nitrogens with zero attached hydrogens (tertiary/aromatic N) is 6. The van der Waals surface area contributed by atoms with Crippen LogP contribution in [0.4, 0.5) is 21.9 Å². The highest BCUT2D eigenvalue weighted by Gasteiger charge is 2.45. The Morgan fingerprint density at radius 1 is 1.02 bits per heavy atom. The van der Waals surface area contributed by atoms with Crippen LogP contribution in [0.25, 0.3) is 0 Å². The van der Waals surface area contributed by atoms with E-state index in [2.05, 4.69) is 63.4 Å². The summed E-state index contributed by atoms with van der Waals surface area (Å²) in [6, 6.07) is 16.3. The van der Waals surface area contributed by atoms with Gasteiger partial charge in [-0.15, -0.1) is 0 Å². The van der Waals surface area contributed by atoms with E-state index in [1.165, 1.54) is 11.4 Å². The minimum atomic E-state index is -0.761. The summed E-state index contributed by atoms with van der Waals surface area (Å²) in [4.78, 5) is 20.1. The Hall–Kier alpha value is -3.83. The summed E-state index contributed by atoms with van der Waals surface area (Å²) >= 11 is 0. The number of urea groups is 1. The van der Waals surface area contributed by atoms with E-state index in [0.717, 1.165) is 37.6 Å². The number of carbonyl (C=O) groups is 1. The van der Waals surface area contributed by atoms with E-state index in [0.29, 0.717) is 26.3 Å². The molecule has 220 valence electrons. The molecule has 0 bridgehead atoms. The van der Waals surface area contributed by atoms with Gasteiger partial charge in [-0.25, -0.2) is 4.79 Å². The Morgan fingerprint density at radius 2 is 1.61 bits per heavy atom. The molecule has 11 heteroatoms. The molecule has 2 fully saturated rings. The van der Waals surface area contributed by atoms with Crippen molar-refractivity contribution in [1.82, 2.24) is 20.3 Å². The van der Waals surface area contributed by atoms with Gasteiger partial charge in [-0.2, -0.15) is 15.0 Å². The second-order valence-electron chi connectivity index (χ2n) is 10.8. The van der Waals surface area contributed by atoms with Crippen molar-refractivity contribution in [2.24, 2.45) is 5.92 Å². The number of hydrogen-bond donors (Lipinski definition) is 1. The number of amides is 2. The average Bonchev–Trinajstić information content (AvgIpc) is 3.67. The van der Waals surface area contributed by atoms with Crippen molar-refractivity contribution in [1.29, 1.82) is 0 Å². The zero-order valence-electron chi connectivity index (χ0n) is 24.4. The molecule has 0 spiro atoms. The third-order valence-corrected chi connectivity index (χ3v) is 7.74. The zero-order chi connectivity index (χ0) is 28.8. The van der Waals surface area contributed by atoms with Crippen LogP contribution in [0.5, 0.6) is 5.75 Å². The summed E-state index contributed by atoms with van der Waals surface area (Å²) in [6.07, 6.45) is 3.15. The summed E-state index contributed by atoms with van der Waals surface area (Å²) in [5.74, 6) is 0.185. The third-order valence-electron chi connectivity index (χ3n) is 7.74. The van der Waals surface area contributed by atoms with Crippen molar-refractivity contribution in [3.8, 4) is 5.75 Å². The number of rotatable bonds is 10. The fourth-order valence-electron chi connectivity index (χ4n) is 5.20. The van der Waals surface area contributed by atoms with Crippen LogP contribution < -0.4 is 24.8 Å². The number of carbonyl (C=O) groups excluding carboxylic acids is 1. The Balaban J connectivity index is 1.08. The first-order valence-electron chi connectivity index (χ1n) is 14.4. The van der Waals surface area contributed by atoms with Crippen molar-refractivity contribution in [3.63, 3.8) is 0 Å². The molecule has 0 radical (unpaired) electrons. The van der Waals surface area contributed by atoms with E-state index in [9.17, 15) is 4.79 Å². The van der Waals surface area contributed by atoms with Gasteiger partial charge in [-0.3, -0.25) is 4.90 Å². The number of benzene rings is 2. The molecule has 0 saturated carbocycles. The van der Waals surface area contributed by atoms with Crippen LogP contribution in [0.1, 0.15) is 20.8 Å². The van der Waals surface area contributed by atoms with Crippen molar-refractivity contribution in [3.05, 3.63) is 60.9 Å². The Bertz CT molecular complexity index is 1240. The van der Waals surface area contributed by atoms with Crippen LogP contribution in [0.3, 0.4) is 0 Å². The maximum atomic E-state index is 12.1. The lowest BCUT2D eigenvalue weighted by molar-refractivity contribution is -0.211. The summed E-state index contributed by atoms with van der Waals surface area (Å²) in [5, 5.41) is 11.2. The first-order valence-corrected chi connectivity index (χ1v) is 14.4. The molecule has 3 aromatic rings. The zero-order valence-corrected chi connectivity index (χ0v) is 24.4. The fraction of sp³-hybridized carbons (Fsp3) is 0.500. The first kappa shape index (κ1) is 28.7. The smallest absolute Gasteiger partial charge is 0.321 e. The van der Waals surface area contributed by atoms with Gasteiger partial charge < -0.3 is 29.3 Å². The SMILES string of the molecule is CCNC(=O)N(C)c1ccc(N2CCN(c3ccc(OCC4COC(Cn5nccn5)(C(C)C)O4)cc3)CC2)cc1. The van der Waals surface area contributed by atoms with E-state index in [1.54, 1.807) is 29.1 Å². The van der Waals surface area contributed by atoms with E-state index >= 15 is 0 Å². The molecule has 1 aromatic heterocycles. The van der Waals surface area contributed by atoms with E-state index in [4.69, 9.17) is 14.2 Å². The van der Waals surface area contributed by atoms with Crippen LogP contribution in [0, 0.1) is 5.92 Å². The third kappa shape index (κ3) is 6.74. The van der Waals surface area contributed by atoms with Crippen LogP contribution in [0.2, 0.25) is 0 Å². The molecule has 2 aromatic carbocycles. The lowest BCUT2D eigenvalue weighted by Crippen LogP contribution is -2.46. The molecule has 2 amide bonds. The summed E-state index contributed by atoms with van der Waals surface area (Å²) in [5.41, 5.74) is 3.22. The van der Waals surface area contributed by atoms with E-state index < -0.39 is 5.79 Å². The van der Waals surface area contributed by atoms with Gasteiger partial charge in [0.25, 0.3) is 0 Å². The Labute approximate surface area is 241 Å². The molecule has 11 nitrogen and oxygen atoms in total. The van der Waals surface area contributed by atoms with Crippen molar-refractivity contribution in [2.75, 3.05) is 67.7 Å². The second kappa shape index (κ2) is 12.8. The van der Waals surface area contributed by atoms with Gasteiger partial charge in [0.2, 0.25) is 0 Å². The quantitative estimate of drug-likeness (QED) is 0.400. The molecule has 5 rings (SSSR count). The maximum absolute atomic E-state index is 12.1. The number of aromatic nitrogens is 3. The molecular formula is C30H41N7O4. The maximum Gasteiger partial charge on any atom is 0.321 e. The normalized spacial score (nSPS) is 20.9. The van der Waals surface area contributed by atoms with Crippen molar-refractivity contribution in [2.45, 2.75) is 39.2 Å².